The van der Waals surface area contributed by atoms with Crippen LogP contribution in [-0.4, -0.2) is 43.9 Å². The summed E-state index contributed by atoms with van der Waals surface area (Å²) in [5.74, 6) is -0.250. The molecule has 4 N–H and O–H groups in total. The topological polar surface area (TPSA) is 148 Å². The highest BCUT2D eigenvalue weighted by Crippen LogP contribution is 2.40. The van der Waals surface area contributed by atoms with Gasteiger partial charge in [-0.3, -0.25) is 5.32 Å². The number of urea groups is 1. The van der Waals surface area contributed by atoms with Gasteiger partial charge in [-0.25, -0.2) is 19.6 Å². The van der Waals surface area contributed by atoms with Gasteiger partial charge in [-0.1, -0.05) is 29.3 Å². The minimum Gasteiger partial charge on any atom is -0.476 e. The molecule has 39 heavy (non-hydrogen) atoms. The Morgan fingerprint density at radius 1 is 1.00 bits per heavy atom. The van der Waals surface area contributed by atoms with Crippen molar-refractivity contribution in [1.29, 1.82) is 0 Å². The number of nitrogens with one attached hydrogen (secondary N) is 3. The van der Waals surface area contributed by atoms with Crippen molar-refractivity contribution in [2.75, 3.05) is 10.6 Å². The molecule has 1 aliphatic heterocycles. The van der Waals surface area contributed by atoms with Crippen molar-refractivity contribution in [2.45, 2.75) is 32.6 Å². The standard InChI is InChI=1S/C26H22Cl2N6O5/c1-26(2,3)34-25(37)33-21-14(19-15(27)5-4-6-16(19)28)9-12-11-29-24(32-20(12)31-21)30-13-7-8-17-18(10-13)39-23(38-17)22(35)36/h4-11,23H,1-3H3,(H,35,36)(H3,29,30,31,32,33,34,37). The predicted molar refractivity (Wildman–Crippen MR) is 147 cm³/mol. The maximum Gasteiger partial charge on any atom is 0.387 e. The zero-order chi connectivity index (χ0) is 27.9. The molecule has 3 heterocycles. The van der Waals surface area contributed by atoms with Crippen LogP contribution in [0, 0.1) is 0 Å². The molecule has 4 aromatic rings. The Kier molecular flexibility index (Phi) is 6.79. The number of pyridine rings is 1. The average molecular weight is 569 g/mol. The van der Waals surface area contributed by atoms with Gasteiger partial charge in [0.2, 0.25) is 5.95 Å². The summed E-state index contributed by atoms with van der Waals surface area (Å²) in [5, 5.41) is 19.1. The van der Waals surface area contributed by atoms with E-state index in [0.29, 0.717) is 38.0 Å². The van der Waals surface area contributed by atoms with E-state index in [1.54, 1.807) is 48.7 Å². The Balaban J connectivity index is 1.51. The fourth-order valence-corrected chi connectivity index (χ4v) is 4.41. The number of hydrogen-bond acceptors (Lipinski definition) is 8. The van der Waals surface area contributed by atoms with Crippen molar-refractivity contribution >= 4 is 63.7 Å². The van der Waals surface area contributed by atoms with Crippen LogP contribution in [-0.2, 0) is 4.79 Å². The number of halogens is 2. The molecule has 2 aromatic heterocycles. The second-order valence-corrected chi connectivity index (χ2v) is 10.4. The van der Waals surface area contributed by atoms with Crippen LogP contribution in [0.2, 0.25) is 10.0 Å². The second-order valence-electron chi connectivity index (χ2n) is 9.61. The fourth-order valence-electron chi connectivity index (χ4n) is 3.80. The molecule has 0 spiro atoms. The monoisotopic (exact) mass is 568 g/mol. The first-order chi connectivity index (χ1) is 18.5. The summed E-state index contributed by atoms with van der Waals surface area (Å²) in [6, 6.07) is 11.2. The summed E-state index contributed by atoms with van der Waals surface area (Å²) in [5.41, 5.74) is 1.33. The van der Waals surface area contributed by atoms with Crippen molar-refractivity contribution in [3.63, 3.8) is 0 Å². The number of amides is 2. The van der Waals surface area contributed by atoms with Gasteiger partial charge in [0.1, 0.15) is 5.82 Å². The second kappa shape index (κ2) is 10.1. The van der Waals surface area contributed by atoms with Crippen molar-refractivity contribution in [3.05, 3.63) is 58.7 Å². The number of rotatable bonds is 5. The predicted octanol–water partition coefficient (Wildman–Crippen LogP) is 5.84. The molecule has 2 aromatic carbocycles. The maximum atomic E-state index is 12.8. The first-order valence-corrected chi connectivity index (χ1v) is 12.4. The number of anilines is 3. The molecular formula is C26H22Cl2N6O5. The number of aromatic nitrogens is 3. The average Bonchev–Trinajstić information content (AvgIpc) is 3.27. The van der Waals surface area contributed by atoms with Crippen molar-refractivity contribution in [1.82, 2.24) is 20.3 Å². The molecule has 0 saturated heterocycles. The molecule has 2 amide bonds. The Hall–Kier alpha value is -4.35. The fraction of sp³-hybridized carbons (Fsp3) is 0.192. The van der Waals surface area contributed by atoms with E-state index in [2.05, 4.69) is 30.9 Å². The summed E-state index contributed by atoms with van der Waals surface area (Å²) in [4.78, 5) is 37.4. The first-order valence-electron chi connectivity index (χ1n) is 11.7. The zero-order valence-electron chi connectivity index (χ0n) is 20.9. The number of carbonyl (C=O) groups excluding carboxylic acids is 1. The van der Waals surface area contributed by atoms with Crippen LogP contribution in [0.1, 0.15) is 20.8 Å². The van der Waals surface area contributed by atoms with Crippen LogP contribution in [0.5, 0.6) is 11.5 Å². The van der Waals surface area contributed by atoms with Crippen LogP contribution >= 0.6 is 23.2 Å². The number of carboxylic acids is 1. The highest BCUT2D eigenvalue weighted by atomic mass is 35.5. The van der Waals surface area contributed by atoms with Gasteiger partial charge in [-0.2, -0.15) is 4.98 Å². The molecule has 1 aliphatic rings. The molecule has 200 valence electrons. The Morgan fingerprint density at radius 3 is 2.41 bits per heavy atom. The van der Waals surface area contributed by atoms with E-state index in [9.17, 15) is 9.59 Å². The number of benzene rings is 2. The lowest BCUT2D eigenvalue weighted by Crippen LogP contribution is -2.43. The van der Waals surface area contributed by atoms with Gasteiger partial charge < -0.3 is 25.2 Å². The third-order valence-electron chi connectivity index (χ3n) is 5.39. The van der Waals surface area contributed by atoms with Gasteiger partial charge in [0.25, 0.3) is 0 Å². The number of aliphatic carboxylic acids is 1. The quantitative estimate of drug-likeness (QED) is 0.233. The molecule has 1 atom stereocenters. The van der Waals surface area contributed by atoms with Gasteiger partial charge in [0, 0.05) is 40.0 Å². The smallest absolute Gasteiger partial charge is 0.387 e. The normalized spacial score (nSPS) is 14.2. The molecule has 1 unspecified atom stereocenters. The van der Waals surface area contributed by atoms with E-state index in [4.69, 9.17) is 37.8 Å². The van der Waals surface area contributed by atoms with E-state index in [0.717, 1.165) is 0 Å². The van der Waals surface area contributed by atoms with Crippen LogP contribution in [0.4, 0.5) is 22.2 Å². The molecule has 13 heteroatoms. The molecule has 0 saturated carbocycles. The summed E-state index contributed by atoms with van der Waals surface area (Å²) < 4.78 is 10.5. The van der Waals surface area contributed by atoms with E-state index < -0.39 is 23.8 Å². The molecule has 11 nitrogen and oxygen atoms in total. The van der Waals surface area contributed by atoms with Crippen molar-refractivity contribution < 1.29 is 24.2 Å². The Labute approximate surface area is 232 Å². The lowest BCUT2D eigenvalue weighted by molar-refractivity contribution is -0.154. The van der Waals surface area contributed by atoms with Crippen LogP contribution < -0.4 is 25.4 Å². The first kappa shape index (κ1) is 26.3. The Bertz CT molecular complexity index is 1600. The van der Waals surface area contributed by atoms with Crippen molar-refractivity contribution in [2.24, 2.45) is 0 Å². The summed E-state index contributed by atoms with van der Waals surface area (Å²) in [7, 11) is 0. The number of carbonyl (C=O) groups is 2. The van der Waals surface area contributed by atoms with Gasteiger partial charge in [0.05, 0.1) is 10.0 Å². The highest BCUT2D eigenvalue weighted by Gasteiger charge is 2.30. The zero-order valence-corrected chi connectivity index (χ0v) is 22.4. The molecule has 0 radical (unpaired) electrons. The Morgan fingerprint density at radius 2 is 1.72 bits per heavy atom. The number of fused-ring (bicyclic) bond motifs is 2. The molecule has 0 fully saturated rings. The molecule has 0 bridgehead atoms. The number of carboxylic acid groups (broad SMARTS) is 1. The largest absolute Gasteiger partial charge is 0.476 e. The molecular weight excluding hydrogens is 547 g/mol. The SMILES string of the molecule is CC(C)(C)NC(=O)Nc1nc2nc(Nc3ccc4c(c3)OC(C(=O)O)O4)ncc2cc1-c1c(Cl)cccc1Cl. The van der Waals surface area contributed by atoms with E-state index in [1.807, 2.05) is 20.8 Å². The minimum atomic E-state index is -1.40. The van der Waals surface area contributed by atoms with E-state index in [1.165, 1.54) is 0 Å². The summed E-state index contributed by atoms with van der Waals surface area (Å²) >= 11 is 13.0. The lowest BCUT2D eigenvalue weighted by atomic mass is 10.0. The third kappa shape index (κ3) is 5.74. The minimum absolute atomic E-state index is 0.201. The van der Waals surface area contributed by atoms with Crippen LogP contribution in [0.3, 0.4) is 0 Å². The number of hydrogen-bond donors (Lipinski definition) is 4. The number of ether oxygens (including phenoxy) is 2. The van der Waals surface area contributed by atoms with E-state index >= 15 is 0 Å². The highest BCUT2D eigenvalue weighted by molar-refractivity contribution is 6.39. The third-order valence-corrected chi connectivity index (χ3v) is 6.02. The number of nitrogens with zero attached hydrogens (tertiary/aromatic N) is 3. The van der Waals surface area contributed by atoms with Gasteiger partial charge >= 0.3 is 18.3 Å². The maximum absolute atomic E-state index is 12.8. The lowest BCUT2D eigenvalue weighted by Gasteiger charge is -2.21. The van der Waals surface area contributed by atoms with Crippen LogP contribution in [0.25, 0.3) is 22.2 Å². The van der Waals surface area contributed by atoms with Crippen LogP contribution in [0.15, 0.2) is 48.7 Å². The summed E-state index contributed by atoms with van der Waals surface area (Å²) in [6.45, 7) is 5.57. The van der Waals surface area contributed by atoms with Gasteiger partial charge in [0.15, 0.2) is 17.1 Å². The molecule has 0 aliphatic carbocycles. The van der Waals surface area contributed by atoms with Gasteiger partial charge in [-0.15, -0.1) is 0 Å². The molecule has 5 rings (SSSR count). The van der Waals surface area contributed by atoms with Gasteiger partial charge in [-0.05, 0) is 51.1 Å². The van der Waals surface area contributed by atoms with E-state index in [-0.39, 0.29) is 23.2 Å². The summed E-state index contributed by atoms with van der Waals surface area (Å²) in [6.07, 6.45) is 0.164. The van der Waals surface area contributed by atoms with Crippen molar-refractivity contribution in [3.8, 4) is 22.6 Å².